The van der Waals surface area contributed by atoms with Crippen LogP contribution in [0.4, 0.5) is 0 Å². The molecule has 1 aromatic carbocycles. The number of hydrogen-bond donors (Lipinski definition) is 2. The fourth-order valence-electron chi connectivity index (χ4n) is 1.90. The van der Waals surface area contributed by atoms with E-state index in [4.69, 9.17) is 5.14 Å². The molecule has 0 spiro atoms. The van der Waals surface area contributed by atoms with Crippen molar-refractivity contribution in [2.45, 2.75) is 24.4 Å². The van der Waals surface area contributed by atoms with Crippen molar-refractivity contribution in [2.75, 3.05) is 0 Å². The zero-order chi connectivity index (χ0) is 14.8. The van der Waals surface area contributed by atoms with Crippen LogP contribution in [0.3, 0.4) is 0 Å². The van der Waals surface area contributed by atoms with Gasteiger partial charge < -0.3 is 5.32 Å². The van der Waals surface area contributed by atoms with Crippen LogP contribution in [0.5, 0.6) is 0 Å². The third kappa shape index (κ3) is 3.44. The molecule has 1 heterocycles. The molecule has 2 rings (SSSR count). The van der Waals surface area contributed by atoms with E-state index in [2.05, 4.69) is 10.4 Å². The first-order valence-electron chi connectivity index (χ1n) is 6.21. The zero-order valence-electron chi connectivity index (χ0n) is 11.4. The van der Waals surface area contributed by atoms with Crippen LogP contribution >= 0.6 is 0 Å². The number of rotatable bonds is 5. The summed E-state index contributed by atoms with van der Waals surface area (Å²) in [5.41, 5.74) is 2.08. The van der Waals surface area contributed by atoms with Crippen molar-refractivity contribution in [2.24, 2.45) is 12.2 Å². The quantitative estimate of drug-likeness (QED) is 0.858. The van der Waals surface area contributed by atoms with E-state index in [1.165, 1.54) is 12.1 Å². The first-order valence-corrected chi connectivity index (χ1v) is 7.75. The van der Waals surface area contributed by atoms with Crippen molar-refractivity contribution in [3.05, 3.63) is 47.8 Å². The fraction of sp³-hybridized carbons (Fsp3) is 0.308. The molecular weight excluding hydrogens is 276 g/mol. The smallest absolute Gasteiger partial charge is 0.238 e. The van der Waals surface area contributed by atoms with Gasteiger partial charge in [0.15, 0.2) is 0 Å². The summed E-state index contributed by atoms with van der Waals surface area (Å²) in [7, 11) is -1.74. The number of sulfonamides is 1. The molecule has 7 heteroatoms. The molecule has 1 atom stereocenters. The van der Waals surface area contributed by atoms with Crippen molar-refractivity contribution < 1.29 is 8.42 Å². The maximum atomic E-state index is 11.2. The molecule has 0 aliphatic carbocycles. The van der Waals surface area contributed by atoms with Gasteiger partial charge in [-0.2, -0.15) is 5.10 Å². The van der Waals surface area contributed by atoms with Crippen LogP contribution in [0.1, 0.15) is 24.2 Å². The lowest BCUT2D eigenvalue weighted by Gasteiger charge is -2.14. The molecule has 1 unspecified atom stereocenters. The van der Waals surface area contributed by atoms with Gasteiger partial charge in [-0.15, -0.1) is 0 Å². The highest BCUT2D eigenvalue weighted by Crippen LogP contribution is 2.16. The summed E-state index contributed by atoms with van der Waals surface area (Å²) in [5.74, 6) is 0. The summed E-state index contributed by atoms with van der Waals surface area (Å²) in [6.07, 6.45) is 1.75. The second kappa shape index (κ2) is 5.74. The van der Waals surface area contributed by atoms with E-state index in [-0.39, 0.29) is 10.9 Å². The van der Waals surface area contributed by atoms with E-state index < -0.39 is 10.0 Å². The lowest BCUT2D eigenvalue weighted by atomic mass is 10.1. The van der Waals surface area contributed by atoms with Gasteiger partial charge in [0.2, 0.25) is 10.0 Å². The summed E-state index contributed by atoms with van der Waals surface area (Å²) in [5, 5.41) is 12.5. The van der Waals surface area contributed by atoms with Crippen molar-refractivity contribution in [1.29, 1.82) is 0 Å². The lowest BCUT2D eigenvalue weighted by Crippen LogP contribution is -2.20. The Morgan fingerprint density at radius 2 is 1.95 bits per heavy atom. The van der Waals surface area contributed by atoms with E-state index in [1.54, 1.807) is 18.3 Å². The Hall–Kier alpha value is -1.70. The minimum atomic E-state index is -3.63. The predicted octanol–water partition coefficient (Wildman–Crippen LogP) is 0.918. The first kappa shape index (κ1) is 14.7. The first-order chi connectivity index (χ1) is 9.38. The van der Waals surface area contributed by atoms with E-state index in [1.807, 2.05) is 24.7 Å². The molecule has 0 fully saturated rings. The summed E-state index contributed by atoms with van der Waals surface area (Å²) in [6, 6.07) is 8.62. The highest BCUT2D eigenvalue weighted by molar-refractivity contribution is 7.89. The summed E-state index contributed by atoms with van der Waals surface area (Å²) in [4.78, 5) is 0.125. The second-order valence-electron chi connectivity index (χ2n) is 4.66. The van der Waals surface area contributed by atoms with Gasteiger partial charge in [0.1, 0.15) is 0 Å². The maximum absolute atomic E-state index is 11.2. The largest absolute Gasteiger partial charge is 0.305 e. The van der Waals surface area contributed by atoms with Gasteiger partial charge >= 0.3 is 0 Å². The van der Waals surface area contributed by atoms with Crippen LogP contribution in [0.15, 0.2) is 41.4 Å². The van der Waals surface area contributed by atoms with Crippen LogP contribution in [0, 0.1) is 0 Å². The van der Waals surface area contributed by atoms with E-state index >= 15 is 0 Å². The topological polar surface area (TPSA) is 90.0 Å². The average Bonchev–Trinajstić information content (AvgIpc) is 2.81. The molecule has 3 N–H and O–H groups in total. The average molecular weight is 294 g/mol. The van der Waals surface area contributed by atoms with Gasteiger partial charge in [-0.05, 0) is 30.7 Å². The van der Waals surface area contributed by atoms with Crippen molar-refractivity contribution in [1.82, 2.24) is 15.1 Å². The van der Waals surface area contributed by atoms with Gasteiger partial charge in [-0.25, -0.2) is 13.6 Å². The molecule has 0 saturated heterocycles. The Bertz CT molecular complexity index is 677. The Morgan fingerprint density at radius 1 is 1.30 bits per heavy atom. The van der Waals surface area contributed by atoms with E-state index in [9.17, 15) is 8.42 Å². The molecule has 0 radical (unpaired) electrons. The highest BCUT2D eigenvalue weighted by Gasteiger charge is 2.10. The third-order valence-corrected chi connectivity index (χ3v) is 4.15. The number of nitrogens with two attached hydrogens (primary N) is 1. The van der Waals surface area contributed by atoms with Crippen LogP contribution in [0.2, 0.25) is 0 Å². The van der Waals surface area contributed by atoms with Crippen LogP contribution in [-0.2, 0) is 23.6 Å². The molecule has 0 amide bonds. The summed E-state index contributed by atoms with van der Waals surface area (Å²) >= 11 is 0. The minimum Gasteiger partial charge on any atom is -0.305 e. The number of aromatic nitrogens is 2. The predicted molar refractivity (Wildman–Crippen MR) is 76.3 cm³/mol. The van der Waals surface area contributed by atoms with E-state index in [0.717, 1.165) is 11.3 Å². The number of hydrogen-bond acceptors (Lipinski definition) is 4. The SMILES string of the molecule is CC(NCc1ccnn1C)c1ccc(S(N)(=O)=O)cc1. The Morgan fingerprint density at radius 3 is 2.45 bits per heavy atom. The molecule has 108 valence electrons. The monoisotopic (exact) mass is 294 g/mol. The fourth-order valence-corrected chi connectivity index (χ4v) is 2.41. The molecule has 0 aliphatic rings. The molecule has 20 heavy (non-hydrogen) atoms. The van der Waals surface area contributed by atoms with E-state index in [0.29, 0.717) is 6.54 Å². The standard InChI is InChI=1S/C13H18N4O2S/c1-10(15-9-12-7-8-16-17(12)2)11-3-5-13(6-4-11)20(14,18)19/h3-8,10,15H,9H2,1-2H3,(H2,14,18,19). The van der Waals surface area contributed by atoms with Crippen molar-refractivity contribution in [3.8, 4) is 0 Å². The molecule has 0 aliphatic heterocycles. The summed E-state index contributed by atoms with van der Waals surface area (Å²) in [6.45, 7) is 2.71. The number of primary sulfonamides is 1. The molecule has 6 nitrogen and oxygen atoms in total. The number of aryl methyl sites for hydroxylation is 1. The highest BCUT2D eigenvalue weighted by atomic mass is 32.2. The van der Waals surface area contributed by atoms with Gasteiger partial charge in [-0.1, -0.05) is 12.1 Å². The molecular formula is C13H18N4O2S. The molecule has 1 aromatic heterocycles. The van der Waals surface area contributed by atoms with Gasteiger partial charge in [0, 0.05) is 25.8 Å². The number of benzene rings is 1. The van der Waals surface area contributed by atoms with Crippen LogP contribution in [0.25, 0.3) is 0 Å². The zero-order valence-corrected chi connectivity index (χ0v) is 12.3. The van der Waals surface area contributed by atoms with Crippen LogP contribution < -0.4 is 10.5 Å². The Labute approximate surface area is 118 Å². The van der Waals surface area contributed by atoms with Gasteiger partial charge in [-0.3, -0.25) is 4.68 Å². The lowest BCUT2D eigenvalue weighted by molar-refractivity contribution is 0.548. The van der Waals surface area contributed by atoms with Crippen molar-refractivity contribution >= 4 is 10.0 Å². The normalized spacial score (nSPS) is 13.3. The number of nitrogens with zero attached hydrogens (tertiary/aromatic N) is 2. The number of nitrogens with one attached hydrogen (secondary N) is 1. The van der Waals surface area contributed by atoms with Crippen molar-refractivity contribution in [3.63, 3.8) is 0 Å². The summed E-state index contributed by atoms with van der Waals surface area (Å²) < 4.78 is 24.2. The Balaban J connectivity index is 2.03. The third-order valence-electron chi connectivity index (χ3n) is 3.22. The maximum Gasteiger partial charge on any atom is 0.238 e. The van der Waals surface area contributed by atoms with Crippen LogP contribution in [-0.4, -0.2) is 18.2 Å². The second-order valence-corrected chi connectivity index (χ2v) is 6.22. The Kier molecular flexibility index (Phi) is 4.22. The minimum absolute atomic E-state index is 0.0967. The molecule has 0 saturated carbocycles. The van der Waals surface area contributed by atoms with Gasteiger partial charge in [0.05, 0.1) is 10.6 Å². The van der Waals surface area contributed by atoms with Gasteiger partial charge in [0.25, 0.3) is 0 Å². The molecule has 0 bridgehead atoms. The molecule has 2 aromatic rings.